The van der Waals surface area contributed by atoms with Crippen molar-refractivity contribution < 1.29 is 4.39 Å². The summed E-state index contributed by atoms with van der Waals surface area (Å²) in [5, 5.41) is 0. The van der Waals surface area contributed by atoms with Gasteiger partial charge in [0.15, 0.2) is 0 Å². The minimum atomic E-state index is -0.218. The Morgan fingerprint density at radius 3 is 2.30 bits per heavy atom. The third kappa shape index (κ3) is 3.92. The third-order valence-corrected chi connectivity index (χ3v) is 4.89. The molecule has 0 fully saturated rings. The molecule has 0 heterocycles. The number of benzene rings is 2. The molecule has 0 bridgehead atoms. The second-order valence-electron chi connectivity index (χ2n) is 5.37. The van der Waals surface area contributed by atoms with Gasteiger partial charge in [0.25, 0.3) is 0 Å². The largest absolute Gasteiger partial charge is 0.207 e. The fraction of sp³-hybridized carbons (Fsp3) is 0.294. The van der Waals surface area contributed by atoms with Crippen LogP contribution in [0, 0.1) is 11.7 Å². The zero-order chi connectivity index (χ0) is 14.7. The lowest BCUT2D eigenvalue weighted by Crippen LogP contribution is -1.97. The minimum Gasteiger partial charge on any atom is -0.207 e. The average Bonchev–Trinajstić information content (AvgIpc) is 2.41. The molecule has 20 heavy (non-hydrogen) atoms. The highest BCUT2D eigenvalue weighted by Gasteiger charge is 2.14. The van der Waals surface area contributed by atoms with Crippen molar-refractivity contribution in [1.29, 1.82) is 0 Å². The van der Waals surface area contributed by atoms with Crippen molar-refractivity contribution in [3.8, 4) is 0 Å². The van der Waals surface area contributed by atoms with Crippen molar-refractivity contribution in [2.24, 2.45) is 5.92 Å². The molecule has 2 aromatic carbocycles. The lowest BCUT2D eigenvalue weighted by atomic mass is 9.99. The Labute approximate surface area is 136 Å². The van der Waals surface area contributed by atoms with E-state index in [0.717, 1.165) is 22.0 Å². The molecule has 0 amide bonds. The van der Waals surface area contributed by atoms with Crippen molar-refractivity contribution in [2.45, 2.75) is 25.1 Å². The van der Waals surface area contributed by atoms with Crippen LogP contribution in [0.4, 0.5) is 4.39 Å². The molecule has 3 heteroatoms. The second-order valence-corrected chi connectivity index (χ2v) is 7.14. The van der Waals surface area contributed by atoms with Crippen LogP contribution in [-0.2, 0) is 6.42 Å². The van der Waals surface area contributed by atoms with Crippen molar-refractivity contribution in [3.05, 3.63) is 69.4 Å². The smallest absolute Gasteiger partial charge is 0.123 e. The minimum absolute atomic E-state index is 0.0133. The first-order valence-electron chi connectivity index (χ1n) is 6.65. The van der Waals surface area contributed by atoms with Crippen LogP contribution in [0.3, 0.4) is 0 Å². The van der Waals surface area contributed by atoms with E-state index in [-0.39, 0.29) is 10.6 Å². The monoisotopic (exact) mass is 398 g/mol. The summed E-state index contributed by atoms with van der Waals surface area (Å²) in [7, 11) is 0. The zero-order valence-electron chi connectivity index (χ0n) is 11.5. The summed E-state index contributed by atoms with van der Waals surface area (Å²) in [5.74, 6) is 0.432. The van der Waals surface area contributed by atoms with Gasteiger partial charge >= 0.3 is 0 Å². The van der Waals surface area contributed by atoms with E-state index in [1.165, 1.54) is 11.6 Å². The SMILES string of the molecule is CC(C)Cc1ccc(C(Br)c2cc(F)ccc2Br)cc1. The van der Waals surface area contributed by atoms with Gasteiger partial charge in [-0.05, 0) is 47.2 Å². The van der Waals surface area contributed by atoms with E-state index in [2.05, 4.69) is 70.0 Å². The van der Waals surface area contributed by atoms with Crippen molar-refractivity contribution >= 4 is 31.9 Å². The van der Waals surface area contributed by atoms with Gasteiger partial charge in [-0.1, -0.05) is 70.0 Å². The summed E-state index contributed by atoms with van der Waals surface area (Å²) in [6.45, 7) is 4.43. The molecule has 0 saturated heterocycles. The number of hydrogen-bond donors (Lipinski definition) is 0. The normalized spacial score (nSPS) is 12.7. The van der Waals surface area contributed by atoms with Crippen LogP contribution in [0.25, 0.3) is 0 Å². The summed E-state index contributed by atoms with van der Waals surface area (Å²) in [4.78, 5) is -0.0133. The zero-order valence-corrected chi connectivity index (χ0v) is 14.7. The highest BCUT2D eigenvalue weighted by molar-refractivity contribution is 9.11. The molecule has 0 nitrogen and oxygen atoms in total. The third-order valence-electron chi connectivity index (χ3n) is 3.15. The maximum Gasteiger partial charge on any atom is 0.123 e. The van der Waals surface area contributed by atoms with Gasteiger partial charge in [-0.2, -0.15) is 0 Å². The Morgan fingerprint density at radius 2 is 1.70 bits per heavy atom. The number of hydrogen-bond acceptors (Lipinski definition) is 0. The molecule has 0 saturated carbocycles. The predicted molar refractivity (Wildman–Crippen MR) is 89.9 cm³/mol. The summed E-state index contributed by atoms with van der Waals surface area (Å²) < 4.78 is 14.3. The highest BCUT2D eigenvalue weighted by Crippen LogP contribution is 2.35. The molecule has 1 atom stereocenters. The molecular weight excluding hydrogens is 383 g/mol. The van der Waals surface area contributed by atoms with Crippen molar-refractivity contribution in [2.75, 3.05) is 0 Å². The van der Waals surface area contributed by atoms with E-state index in [1.807, 2.05) is 0 Å². The van der Waals surface area contributed by atoms with Crippen LogP contribution in [0.15, 0.2) is 46.9 Å². The number of rotatable bonds is 4. The van der Waals surface area contributed by atoms with Gasteiger partial charge in [-0.3, -0.25) is 0 Å². The van der Waals surface area contributed by atoms with Gasteiger partial charge in [0.1, 0.15) is 5.82 Å². The highest BCUT2D eigenvalue weighted by atomic mass is 79.9. The van der Waals surface area contributed by atoms with E-state index in [1.54, 1.807) is 12.1 Å². The van der Waals surface area contributed by atoms with Gasteiger partial charge < -0.3 is 0 Å². The van der Waals surface area contributed by atoms with Crippen LogP contribution in [0.5, 0.6) is 0 Å². The molecule has 2 aromatic rings. The standard InChI is InChI=1S/C17H17Br2F/c1-11(2)9-12-3-5-13(6-4-12)17(19)15-10-14(20)7-8-16(15)18/h3-8,10-11,17H,9H2,1-2H3. The van der Waals surface area contributed by atoms with Crippen LogP contribution in [0.1, 0.15) is 35.4 Å². The van der Waals surface area contributed by atoms with Crippen LogP contribution in [-0.4, -0.2) is 0 Å². The van der Waals surface area contributed by atoms with Crippen LogP contribution >= 0.6 is 31.9 Å². The molecule has 1 unspecified atom stereocenters. The first-order valence-corrected chi connectivity index (χ1v) is 8.36. The quantitative estimate of drug-likeness (QED) is 0.531. The van der Waals surface area contributed by atoms with E-state index < -0.39 is 0 Å². The molecule has 0 aromatic heterocycles. The van der Waals surface area contributed by atoms with Gasteiger partial charge in [0.05, 0.1) is 4.83 Å². The Morgan fingerprint density at radius 1 is 1.05 bits per heavy atom. The number of alkyl halides is 1. The average molecular weight is 400 g/mol. The van der Waals surface area contributed by atoms with Crippen molar-refractivity contribution in [3.63, 3.8) is 0 Å². The molecule has 0 aliphatic heterocycles. The molecule has 0 aliphatic carbocycles. The Bertz CT molecular complexity index is 576. The fourth-order valence-electron chi connectivity index (χ4n) is 2.18. The van der Waals surface area contributed by atoms with E-state index in [4.69, 9.17) is 0 Å². The maximum atomic E-state index is 13.4. The molecule has 0 aliphatic rings. The van der Waals surface area contributed by atoms with Crippen LogP contribution < -0.4 is 0 Å². The second kappa shape index (κ2) is 6.86. The maximum absolute atomic E-state index is 13.4. The van der Waals surface area contributed by atoms with Gasteiger partial charge in [-0.25, -0.2) is 4.39 Å². The van der Waals surface area contributed by atoms with E-state index in [9.17, 15) is 4.39 Å². The Balaban J connectivity index is 2.24. The van der Waals surface area contributed by atoms with Gasteiger partial charge in [0.2, 0.25) is 0 Å². The molecule has 0 N–H and O–H groups in total. The molecule has 0 radical (unpaired) electrons. The molecule has 106 valence electrons. The summed E-state index contributed by atoms with van der Waals surface area (Å²) in [6, 6.07) is 13.3. The van der Waals surface area contributed by atoms with E-state index in [0.29, 0.717) is 5.92 Å². The summed E-state index contributed by atoms with van der Waals surface area (Å²) in [5.41, 5.74) is 3.37. The fourth-order valence-corrected chi connectivity index (χ4v) is 3.65. The van der Waals surface area contributed by atoms with Gasteiger partial charge in [-0.15, -0.1) is 0 Å². The summed E-state index contributed by atoms with van der Waals surface area (Å²) in [6.07, 6.45) is 1.08. The summed E-state index contributed by atoms with van der Waals surface area (Å²) >= 11 is 7.14. The molecule has 0 spiro atoms. The van der Waals surface area contributed by atoms with Crippen molar-refractivity contribution in [1.82, 2.24) is 0 Å². The predicted octanol–water partition coefficient (Wildman–Crippen LogP) is 6.27. The van der Waals surface area contributed by atoms with E-state index >= 15 is 0 Å². The molecular formula is C17H17Br2F. The topological polar surface area (TPSA) is 0 Å². The van der Waals surface area contributed by atoms with Gasteiger partial charge in [0, 0.05) is 4.47 Å². The Hall–Kier alpha value is -0.670. The number of halogens is 3. The lowest BCUT2D eigenvalue weighted by Gasteiger charge is -2.14. The first-order chi connectivity index (χ1) is 9.47. The first kappa shape index (κ1) is 15.7. The van der Waals surface area contributed by atoms with Crippen LogP contribution in [0.2, 0.25) is 0 Å². The Kier molecular flexibility index (Phi) is 5.39. The molecule has 2 rings (SSSR count). The lowest BCUT2D eigenvalue weighted by molar-refractivity contribution is 0.625.